The second kappa shape index (κ2) is 12.3. The van der Waals surface area contributed by atoms with Crippen LogP contribution in [0.15, 0.2) is 41.3 Å². The molecule has 0 radical (unpaired) electrons. The number of rotatable bonds is 7. The van der Waals surface area contributed by atoms with Crippen LogP contribution in [0.4, 0.5) is 4.79 Å². The minimum absolute atomic E-state index is 0.0580. The van der Waals surface area contributed by atoms with E-state index in [1.807, 2.05) is 0 Å². The summed E-state index contributed by atoms with van der Waals surface area (Å²) in [4.78, 5) is 41.5. The van der Waals surface area contributed by atoms with Crippen LogP contribution in [0.5, 0.6) is 0 Å². The predicted octanol–water partition coefficient (Wildman–Crippen LogP) is 3.53. The molecular weight excluding hydrogens is 556 g/mol. The third kappa shape index (κ3) is 7.86. The van der Waals surface area contributed by atoms with E-state index < -0.39 is 33.7 Å². The predicted molar refractivity (Wildman–Crippen MR) is 152 cm³/mol. The molecule has 2 atom stereocenters. The van der Waals surface area contributed by atoms with E-state index in [0.29, 0.717) is 44.0 Å². The molecule has 10 nitrogen and oxygen atoms in total. The zero-order chi connectivity index (χ0) is 29.1. The molecule has 12 heteroatoms. The molecule has 2 N–H and O–H groups in total. The van der Waals surface area contributed by atoms with Gasteiger partial charge in [-0.25, -0.2) is 13.2 Å². The second-order valence-electron chi connectivity index (χ2n) is 11.5. The van der Waals surface area contributed by atoms with E-state index in [9.17, 15) is 22.8 Å². The highest BCUT2D eigenvalue weighted by Crippen LogP contribution is 2.24. The highest BCUT2D eigenvalue weighted by molar-refractivity contribution is 7.89. The van der Waals surface area contributed by atoms with E-state index in [4.69, 9.17) is 16.3 Å². The average molecular weight is 593 g/mol. The summed E-state index contributed by atoms with van der Waals surface area (Å²) in [5.74, 6) is -0.511. The molecule has 2 aromatic rings. The topological polar surface area (TPSA) is 125 Å². The van der Waals surface area contributed by atoms with Crippen molar-refractivity contribution >= 4 is 50.3 Å². The number of likely N-dealkylation sites (tertiary alicyclic amines) is 2. The van der Waals surface area contributed by atoms with Gasteiger partial charge in [0, 0.05) is 31.2 Å². The molecule has 4 rings (SSSR count). The lowest BCUT2D eigenvalue weighted by Crippen LogP contribution is -2.55. The number of alkyl carbamates (subject to hydrolysis) is 1. The number of halogens is 1. The summed E-state index contributed by atoms with van der Waals surface area (Å²) in [6.07, 6.45) is 2.10. The second-order valence-corrected chi connectivity index (χ2v) is 13.6. The molecule has 0 bridgehead atoms. The van der Waals surface area contributed by atoms with Crippen LogP contribution in [0.1, 0.15) is 46.5 Å². The maximum absolute atomic E-state index is 13.2. The number of hydrogen-bond acceptors (Lipinski definition) is 6. The van der Waals surface area contributed by atoms with E-state index in [-0.39, 0.29) is 23.3 Å². The van der Waals surface area contributed by atoms with Gasteiger partial charge in [0.1, 0.15) is 11.6 Å². The molecule has 2 aromatic carbocycles. The molecule has 2 unspecified atom stereocenters. The molecule has 40 heavy (non-hydrogen) atoms. The Kier molecular flexibility index (Phi) is 9.26. The largest absolute Gasteiger partial charge is 0.444 e. The SMILES string of the molecule is CC(C)(C)OC(=O)NCC1CCCN(C(=O)CN2CCCC(NS(=O)(=O)c3ccc4cc(Cl)ccc4c3)C2=O)C1. The van der Waals surface area contributed by atoms with Gasteiger partial charge in [-0.15, -0.1) is 0 Å². The van der Waals surface area contributed by atoms with Crippen molar-refractivity contribution in [3.63, 3.8) is 0 Å². The van der Waals surface area contributed by atoms with Gasteiger partial charge >= 0.3 is 6.09 Å². The fourth-order valence-corrected chi connectivity index (χ4v) is 6.53. The Morgan fingerprint density at radius 3 is 2.50 bits per heavy atom. The Hall–Kier alpha value is -2.89. The van der Waals surface area contributed by atoms with E-state index in [0.717, 1.165) is 23.6 Å². The number of amides is 3. The number of piperidine rings is 2. The maximum Gasteiger partial charge on any atom is 0.407 e. The molecule has 2 fully saturated rings. The normalized spacial score (nSPS) is 20.4. The molecule has 2 heterocycles. The van der Waals surface area contributed by atoms with Crippen molar-refractivity contribution in [1.29, 1.82) is 0 Å². The molecule has 0 spiro atoms. The molecule has 2 saturated heterocycles. The Morgan fingerprint density at radius 1 is 1.05 bits per heavy atom. The highest BCUT2D eigenvalue weighted by atomic mass is 35.5. The molecule has 3 amide bonds. The van der Waals surface area contributed by atoms with Crippen molar-refractivity contribution in [1.82, 2.24) is 19.8 Å². The van der Waals surface area contributed by atoms with Crippen molar-refractivity contribution in [2.75, 3.05) is 32.7 Å². The number of benzene rings is 2. The van der Waals surface area contributed by atoms with Crippen LogP contribution in [0.25, 0.3) is 10.8 Å². The quantitative estimate of drug-likeness (QED) is 0.507. The molecule has 2 aliphatic rings. The van der Waals surface area contributed by atoms with Gasteiger partial charge in [-0.1, -0.05) is 23.7 Å². The van der Waals surface area contributed by atoms with Gasteiger partial charge < -0.3 is 19.9 Å². The standard InChI is InChI=1S/C28H37ClN4O6S/c1-28(2,3)39-27(36)30-16-19-6-4-12-32(17-19)25(34)18-33-13-5-7-24(26(33)35)31-40(37,38)23-11-9-20-14-22(29)10-8-21(20)15-23/h8-11,14-15,19,24,31H,4-7,12-13,16-18H2,1-3H3,(H,30,36). The first-order chi connectivity index (χ1) is 18.8. The number of nitrogens with one attached hydrogen (secondary N) is 2. The molecule has 0 saturated carbocycles. The van der Waals surface area contributed by atoms with Crippen LogP contribution in [0.2, 0.25) is 5.02 Å². The zero-order valence-electron chi connectivity index (χ0n) is 23.1. The fourth-order valence-electron chi connectivity index (χ4n) is 5.09. The Balaban J connectivity index is 1.33. The van der Waals surface area contributed by atoms with Crippen LogP contribution in [-0.4, -0.2) is 80.5 Å². The van der Waals surface area contributed by atoms with Gasteiger partial charge in [0.25, 0.3) is 0 Å². The van der Waals surface area contributed by atoms with Crippen molar-refractivity contribution in [2.45, 2.75) is 63.0 Å². The zero-order valence-corrected chi connectivity index (χ0v) is 24.7. The number of carbonyl (C=O) groups is 3. The fraction of sp³-hybridized carbons (Fsp3) is 0.536. The average Bonchev–Trinajstić information content (AvgIpc) is 2.88. The first-order valence-corrected chi connectivity index (χ1v) is 15.4. The molecule has 2 aliphatic heterocycles. The van der Waals surface area contributed by atoms with E-state index >= 15 is 0 Å². The lowest BCUT2D eigenvalue weighted by molar-refractivity contribution is -0.144. The number of sulfonamides is 1. The Morgan fingerprint density at radius 2 is 1.75 bits per heavy atom. The smallest absolute Gasteiger partial charge is 0.407 e. The van der Waals surface area contributed by atoms with Crippen LogP contribution < -0.4 is 10.0 Å². The van der Waals surface area contributed by atoms with Crippen LogP contribution in [-0.2, 0) is 24.3 Å². The van der Waals surface area contributed by atoms with Gasteiger partial charge in [0.05, 0.1) is 11.4 Å². The maximum atomic E-state index is 13.2. The summed E-state index contributed by atoms with van der Waals surface area (Å²) in [7, 11) is -3.97. The minimum Gasteiger partial charge on any atom is -0.444 e. The van der Waals surface area contributed by atoms with Gasteiger partial charge in [-0.3, -0.25) is 9.59 Å². The minimum atomic E-state index is -3.97. The van der Waals surface area contributed by atoms with Crippen LogP contribution in [0.3, 0.4) is 0 Å². The third-order valence-corrected chi connectivity index (χ3v) is 8.75. The first-order valence-electron chi connectivity index (χ1n) is 13.6. The third-order valence-electron chi connectivity index (χ3n) is 7.04. The van der Waals surface area contributed by atoms with Gasteiger partial charge in [0.15, 0.2) is 0 Å². The summed E-state index contributed by atoms with van der Waals surface area (Å²) in [6, 6.07) is 8.96. The van der Waals surface area contributed by atoms with Crippen molar-refractivity contribution in [3.8, 4) is 0 Å². The number of nitrogens with zero attached hydrogens (tertiary/aromatic N) is 2. The molecule has 0 aliphatic carbocycles. The van der Waals surface area contributed by atoms with E-state index in [1.165, 1.54) is 11.0 Å². The summed E-state index contributed by atoms with van der Waals surface area (Å²) >= 11 is 6.02. The summed E-state index contributed by atoms with van der Waals surface area (Å²) in [6.45, 7) is 7.11. The summed E-state index contributed by atoms with van der Waals surface area (Å²) < 4.78 is 34.1. The monoisotopic (exact) mass is 592 g/mol. The lowest BCUT2D eigenvalue weighted by atomic mass is 9.98. The summed E-state index contributed by atoms with van der Waals surface area (Å²) in [5.41, 5.74) is -0.587. The highest BCUT2D eigenvalue weighted by Gasteiger charge is 2.35. The Bertz CT molecular complexity index is 1380. The lowest BCUT2D eigenvalue weighted by Gasteiger charge is -2.36. The van der Waals surface area contributed by atoms with Gasteiger partial charge in [0.2, 0.25) is 21.8 Å². The van der Waals surface area contributed by atoms with Crippen molar-refractivity contribution < 1.29 is 27.5 Å². The number of ether oxygens (including phenoxy) is 1. The number of carbonyl (C=O) groups excluding carboxylic acids is 3. The van der Waals surface area contributed by atoms with E-state index in [2.05, 4.69) is 10.0 Å². The molecular formula is C28H37ClN4O6S. The van der Waals surface area contributed by atoms with Gasteiger partial charge in [-0.05, 0) is 87.4 Å². The first kappa shape index (κ1) is 30.1. The number of hydrogen-bond donors (Lipinski definition) is 2. The van der Waals surface area contributed by atoms with Crippen molar-refractivity contribution in [3.05, 3.63) is 41.4 Å². The van der Waals surface area contributed by atoms with Crippen LogP contribution in [0, 0.1) is 5.92 Å². The summed E-state index contributed by atoms with van der Waals surface area (Å²) in [5, 5.41) is 4.86. The van der Waals surface area contributed by atoms with Crippen LogP contribution >= 0.6 is 11.6 Å². The van der Waals surface area contributed by atoms with Gasteiger partial charge in [-0.2, -0.15) is 4.72 Å². The molecule has 0 aromatic heterocycles. The van der Waals surface area contributed by atoms with E-state index in [1.54, 1.807) is 56.0 Å². The number of fused-ring (bicyclic) bond motifs is 1. The van der Waals surface area contributed by atoms with Crippen molar-refractivity contribution in [2.24, 2.45) is 5.92 Å². The molecule has 218 valence electrons. The Labute approximate surface area is 240 Å².